The first-order chi connectivity index (χ1) is 31.0. The van der Waals surface area contributed by atoms with Crippen LogP contribution in [0.4, 0.5) is 26.3 Å². The normalized spacial score (nSPS) is 12.0. The Balaban J connectivity index is 0.000000182. The molecule has 24 heteroatoms. The number of benzene rings is 3. The van der Waals surface area contributed by atoms with Crippen LogP contribution in [0.3, 0.4) is 0 Å². The summed E-state index contributed by atoms with van der Waals surface area (Å²) in [5, 5.41) is 30.2. The fraction of sp³-hybridized carbons (Fsp3) is 0.143. The molecule has 0 atom stereocenters. The van der Waals surface area contributed by atoms with Gasteiger partial charge in [0.25, 0.3) is 11.1 Å². The largest absolute Gasteiger partial charge is 0.573 e. The highest BCUT2D eigenvalue weighted by molar-refractivity contribution is 9.10. The summed E-state index contributed by atoms with van der Waals surface area (Å²) in [6, 6.07) is 18.0. The standard InChI is InChI=1S/C24H16F3N3O5S.C18H11BrF3N3O5/c1-12-16-19-17(18(31)20(23(33)34-19)36-15-6-4-3-5-7-15)22(32)30(21(16)29(2)28-12)13-8-10-14(11-9-13)35-24(25,26)27;1-7-10-14-11(13(26)12(19)17(28)29-14)16(27)25(15(10)24(2)23-7)8-3-5-9(6-4-8)30-18(20,21)22/h3-11,31H,1-2H3;3-6,26H,1-2H3. The Morgan fingerprint density at radius 2 is 1.02 bits per heavy atom. The van der Waals surface area contributed by atoms with Gasteiger partial charge < -0.3 is 28.5 Å². The van der Waals surface area contributed by atoms with E-state index in [2.05, 4.69) is 35.6 Å². The number of aromatic nitrogens is 6. The zero-order valence-corrected chi connectivity index (χ0v) is 36.3. The maximum Gasteiger partial charge on any atom is 0.573 e. The molecule has 2 N–H and O–H groups in total. The quantitative estimate of drug-likeness (QED) is 0.151. The van der Waals surface area contributed by atoms with E-state index in [0.717, 1.165) is 40.6 Å². The number of aromatic hydroxyl groups is 2. The first kappa shape index (κ1) is 45.1. The topological polar surface area (TPSA) is 199 Å². The summed E-state index contributed by atoms with van der Waals surface area (Å²) in [6.07, 6.45) is -9.73. The van der Waals surface area contributed by atoms with E-state index in [4.69, 9.17) is 8.83 Å². The highest BCUT2D eigenvalue weighted by Gasteiger charge is 2.33. The van der Waals surface area contributed by atoms with Crippen molar-refractivity contribution in [2.75, 3.05) is 0 Å². The van der Waals surface area contributed by atoms with Crippen molar-refractivity contribution in [3.8, 4) is 34.4 Å². The monoisotopic (exact) mass is 1000 g/mol. The Bertz CT molecular complexity index is 3660. The summed E-state index contributed by atoms with van der Waals surface area (Å²) in [6.45, 7) is 3.26. The molecule has 6 aromatic heterocycles. The number of nitrogens with zero attached hydrogens (tertiary/aromatic N) is 6. The molecule has 9 aromatic rings. The second-order valence-corrected chi connectivity index (χ2v) is 16.0. The number of alkyl halides is 6. The number of halogens is 7. The maximum atomic E-state index is 13.7. The molecular weight excluding hydrogens is 974 g/mol. The Kier molecular flexibility index (Phi) is 11.3. The van der Waals surface area contributed by atoms with Crippen LogP contribution < -0.4 is 31.8 Å². The van der Waals surface area contributed by atoms with Crippen LogP contribution in [-0.4, -0.2) is 51.6 Å². The highest BCUT2D eigenvalue weighted by Crippen LogP contribution is 2.39. The smallest absolute Gasteiger partial charge is 0.506 e. The van der Waals surface area contributed by atoms with Crippen molar-refractivity contribution >= 4 is 71.7 Å². The number of rotatable bonds is 6. The van der Waals surface area contributed by atoms with Gasteiger partial charge >= 0.3 is 24.0 Å². The van der Waals surface area contributed by atoms with E-state index in [0.29, 0.717) is 27.1 Å². The van der Waals surface area contributed by atoms with Gasteiger partial charge in [0.15, 0.2) is 22.7 Å². The van der Waals surface area contributed by atoms with Crippen LogP contribution in [0.15, 0.2) is 121 Å². The molecule has 0 aliphatic carbocycles. The van der Waals surface area contributed by atoms with Gasteiger partial charge in [-0.1, -0.05) is 30.0 Å². The number of aryl methyl sites for hydroxylation is 4. The maximum absolute atomic E-state index is 13.7. The lowest BCUT2D eigenvalue weighted by Crippen LogP contribution is -2.22. The molecule has 0 aliphatic rings. The molecule has 0 saturated heterocycles. The second-order valence-electron chi connectivity index (χ2n) is 14.1. The van der Waals surface area contributed by atoms with Gasteiger partial charge in [0, 0.05) is 19.0 Å². The Labute approximate surface area is 375 Å². The molecule has 0 unspecified atom stereocenters. The summed E-state index contributed by atoms with van der Waals surface area (Å²) in [7, 11) is 3.12. The first-order valence-electron chi connectivity index (χ1n) is 18.7. The lowest BCUT2D eigenvalue weighted by molar-refractivity contribution is -0.275. The van der Waals surface area contributed by atoms with E-state index < -0.39 is 58.1 Å². The van der Waals surface area contributed by atoms with Crippen molar-refractivity contribution in [3.05, 3.63) is 136 Å². The number of hydrogen-bond acceptors (Lipinski definition) is 13. The van der Waals surface area contributed by atoms with Gasteiger partial charge in [-0.3, -0.25) is 28.1 Å². The van der Waals surface area contributed by atoms with E-state index in [-0.39, 0.29) is 54.0 Å². The summed E-state index contributed by atoms with van der Waals surface area (Å²) < 4.78 is 98.4. The average Bonchev–Trinajstić information content (AvgIpc) is 3.70. The van der Waals surface area contributed by atoms with Crippen molar-refractivity contribution in [2.24, 2.45) is 14.1 Å². The zero-order valence-electron chi connectivity index (χ0n) is 33.9. The Morgan fingerprint density at radius 1 is 0.606 bits per heavy atom. The summed E-state index contributed by atoms with van der Waals surface area (Å²) in [5.74, 6) is -2.10. The Morgan fingerprint density at radius 3 is 1.44 bits per heavy atom. The molecule has 0 saturated carbocycles. The summed E-state index contributed by atoms with van der Waals surface area (Å²) in [5.41, 5.74) is -1.85. The molecule has 0 radical (unpaired) electrons. The van der Waals surface area contributed by atoms with Crippen LogP contribution in [0.1, 0.15) is 11.4 Å². The molecule has 0 amide bonds. The summed E-state index contributed by atoms with van der Waals surface area (Å²) >= 11 is 3.83. The molecule has 340 valence electrons. The highest BCUT2D eigenvalue weighted by atomic mass is 79.9. The minimum atomic E-state index is -4.87. The molecule has 0 spiro atoms. The molecule has 0 fully saturated rings. The van der Waals surface area contributed by atoms with Crippen molar-refractivity contribution in [2.45, 2.75) is 36.4 Å². The van der Waals surface area contributed by atoms with Crippen LogP contribution >= 0.6 is 27.7 Å². The number of fused-ring (bicyclic) bond motifs is 6. The van der Waals surface area contributed by atoms with Crippen LogP contribution in [0.2, 0.25) is 0 Å². The number of pyridine rings is 2. The fourth-order valence-corrected chi connectivity index (χ4v) is 8.41. The van der Waals surface area contributed by atoms with Crippen LogP contribution in [0, 0.1) is 13.8 Å². The van der Waals surface area contributed by atoms with Crippen molar-refractivity contribution in [1.29, 1.82) is 0 Å². The van der Waals surface area contributed by atoms with Gasteiger partial charge in [-0.2, -0.15) is 10.2 Å². The molecule has 6 heterocycles. The molecule has 0 bridgehead atoms. The van der Waals surface area contributed by atoms with E-state index in [1.54, 1.807) is 58.3 Å². The van der Waals surface area contributed by atoms with Crippen molar-refractivity contribution in [1.82, 2.24) is 28.7 Å². The second kappa shape index (κ2) is 16.5. The third-order valence-corrected chi connectivity index (χ3v) is 11.6. The van der Waals surface area contributed by atoms with Gasteiger partial charge in [0.1, 0.15) is 42.9 Å². The minimum Gasteiger partial charge on any atom is -0.506 e. The van der Waals surface area contributed by atoms with Gasteiger partial charge in [-0.25, -0.2) is 9.59 Å². The molecule has 0 aliphatic heterocycles. The summed E-state index contributed by atoms with van der Waals surface area (Å²) in [4.78, 5) is 52.3. The third kappa shape index (κ3) is 8.12. The van der Waals surface area contributed by atoms with Crippen molar-refractivity contribution < 1.29 is 54.9 Å². The predicted octanol–water partition coefficient (Wildman–Crippen LogP) is 8.40. The number of ether oxygens (including phenoxy) is 2. The van der Waals surface area contributed by atoms with E-state index in [1.165, 1.54) is 38.2 Å². The molecular formula is C42H27BrF6N6O10S. The average molecular weight is 1000 g/mol. The van der Waals surface area contributed by atoms with Crippen LogP contribution in [0.5, 0.6) is 23.0 Å². The zero-order chi connectivity index (χ0) is 47.7. The van der Waals surface area contributed by atoms with E-state index in [1.807, 2.05) is 0 Å². The molecule has 16 nitrogen and oxygen atoms in total. The number of hydrogen-bond donors (Lipinski definition) is 2. The van der Waals surface area contributed by atoms with Crippen molar-refractivity contribution in [3.63, 3.8) is 0 Å². The van der Waals surface area contributed by atoms with Gasteiger partial charge in [0.05, 0.1) is 33.5 Å². The lowest BCUT2D eigenvalue weighted by Gasteiger charge is -2.14. The first-order valence-corrected chi connectivity index (χ1v) is 20.3. The van der Waals surface area contributed by atoms with Crippen LogP contribution in [0.25, 0.3) is 55.4 Å². The minimum absolute atomic E-state index is 0.131. The SMILES string of the molecule is Cc1nn(C)c2c1c1oc(=O)c(Br)c(O)c1c(=O)n2-c1ccc(OC(F)(F)F)cc1.Cc1nn(C)c2c1c1oc(=O)c(Sc3ccccc3)c(O)c1c(=O)n2-c1ccc(OC(F)(F)F)cc1. The molecule has 66 heavy (non-hydrogen) atoms. The molecule has 9 rings (SSSR count). The van der Waals surface area contributed by atoms with E-state index in [9.17, 15) is 55.7 Å². The van der Waals surface area contributed by atoms with Gasteiger partial charge in [-0.15, -0.1) is 26.3 Å². The van der Waals surface area contributed by atoms with Gasteiger partial charge in [-0.05, 0) is 90.4 Å². The Hall–Kier alpha value is -7.47. The third-order valence-electron chi connectivity index (χ3n) is 9.82. The predicted molar refractivity (Wildman–Crippen MR) is 229 cm³/mol. The van der Waals surface area contributed by atoms with E-state index >= 15 is 0 Å². The fourth-order valence-electron chi connectivity index (χ4n) is 7.28. The van der Waals surface area contributed by atoms with Gasteiger partial charge in [0.2, 0.25) is 0 Å². The van der Waals surface area contributed by atoms with Crippen LogP contribution in [-0.2, 0) is 14.1 Å². The lowest BCUT2D eigenvalue weighted by atomic mass is 10.1. The molecule has 3 aromatic carbocycles.